The third kappa shape index (κ3) is 1.88. The van der Waals surface area contributed by atoms with E-state index in [1.807, 2.05) is 12.4 Å². The standard InChI is InChI=1S/C16H22N4/c17-8-14(18)9-20-2-1-19-16(20)15-12-4-10-3-11(6-12)7-13(15)5-10/h1-2,10-15H,3-7,9,18H2. The maximum absolute atomic E-state index is 8.93. The first kappa shape index (κ1) is 12.4. The Balaban J connectivity index is 1.62. The van der Waals surface area contributed by atoms with Gasteiger partial charge in [0.1, 0.15) is 11.9 Å². The molecule has 1 heterocycles. The third-order valence-corrected chi connectivity index (χ3v) is 5.83. The van der Waals surface area contributed by atoms with E-state index in [-0.39, 0.29) is 0 Å². The second kappa shape index (κ2) is 4.60. The quantitative estimate of drug-likeness (QED) is 0.916. The van der Waals surface area contributed by atoms with E-state index in [1.165, 1.54) is 37.9 Å². The van der Waals surface area contributed by atoms with Crippen LogP contribution in [0.3, 0.4) is 0 Å². The van der Waals surface area contributed by atoms with Crippen LogP contribution < -0.4 is 5.73 Å². The molecule has 4 aliphatic rings. The van der Waals surface area contributed by atoms with Gasteiger partial charge in [-0.1, -0.05) is 0 Å². The van der Waals surface area contributed by atoms with Crippen LogP contribution in [0.5, 0.6) is 0 Å². The van der Waals surface area contributed by atoms with Crippen molar-refractivity contribution in [1.29, 1.82) is 5.26 Å². The molecule has 1 atom stereocenters. The Hall–Kier alpha value is -1.34. The number of hydrogen-bond donors (Lipinski definition) is 1. The highest BCUT2D eigenvalue weighted by atomic mass is 15.1. The van der Waals surface area contributed by atoms with Crippen molar-refractivity contribution in [3.8, 4) is 6.07 Å². The molecular weight excluding hydrogens is 248 g/mol. The number of rotatable bonds is 3. The molecule has 4 fully saturated rings. The van der Waals surface area contributed by atoms with Gasteiger partial charge in [-0.05, 0) is 55.8 Å². The Morgan fingerprint density at radius 1 is 1.25 bits per heavy atom. The fourth-order valence-electron chi connectivity index (χ4n) is 5.37. The Kier molecular flexibility index (Phi) is 2.85. The monoisotopic (exact) mass is 270 g/mol. The normalized spacial score (nSPS) is 39.7. The van der Waals surface area contributed by atoms with Gasteiger partial charge in [-0.25, -0.2) is 4.98 Å². The predicted molar refractivity (Wildman–Crippen MR) is 75.6 cm³/mol. The van der Waals surface area contributed by atoms with Gasteiger partial charge in [-0.2, -0.15) is 5.26 Å². The summed E-state index contributed by atoms with van der Waals surface area (Å²) in [6.45, 7) is 0.578. The summed E-state index contributed by atoms with van der Waals surface area (Å²) >= 11 is 0. The lowest BCUT2D eigenvalue weighted by Gasteiger charge is -2.54. The molecule has 4 saturated carbocycles. The van der Waals surface area contributed by atoms with Crippen molar-refractivity contribution in [1.82, 2.24) is 9.55 Å². The summed E-state index contributed by atoms with van der Waals surface area (Å²) in [5.74, 6) is 5.43. The zero-order valence-corrected chi connectivity index (χ0v) is 11.8. The van der Waals surface area contributed by atoms with Gasteiger partial charge in [0, 0.05) is 18.3 Å². The molecule has 4 aliphatic carbocycles. The number of nitrogens with zero attached hydrogens (tertiary/aromatic N) is 3. The zero-order valence-electron chi connectivity index (χ0n) is 11.8. The van der Waals surface area contributed by atoms with Gasteiger partial charge < -0.3 is 10.3 Å². The highest BCUT2D eigenvalue weighted by Gasteiger charge is 2.49. The van der Waals surface area contributed by atoms with E-state index in [0.717, 1.165) is 23.7 Å². The number of aromatic nitrogens is 2. The molecule has 4 nitrogen and oxygen atoms in total. The Morgan fingerprint density at radius 3 is 2.50 bits per heavy atom. The van der Waals surface area contributed by atoms with Gasteiger partial charge in [0.15, 0.2) is 0 Å². The highest BCUT2D eigenvalue weighted by molar-refractivity contribution is 5.13. The fraction of sp³-hybridized carbons (Fsp3) is 0.750. The van der Waals surface area contributed by atoms with Crippen LogP contribution in [0.1, 0.15) is 43.8 Å². The van der Waals surface area contributed by atoms with Crippen LogP contribution in [0.25, 0.3) is 0 Å². The minimum Gasteiger partial charge on any atom is -0.332 e. The molecular formula is C16H22N4. The minimum absolute atomic E-state index is 0.431. The zero-order chi connectivity index (χ0) is 13.7. The first-order chi connectivity index (χ1) is 9.74. The van der Waals surface area contributed by atoms with E-state index in [9.17, 15) is 0 Å². The van der Waals surface area contributed by atoms with Gasteiger partial charge in [0.05, 0.1) is 12.6 Å². The van der Waals surface area contributed by atoms with E-state index in [0.29, 0.717) is 12.5 Å². The number of nitrogens with two attached hydrogens (primary N) is 1. The predicted octanol–water partition coefficient (Wildman–Crippen LogP) is 2.27. The van der Waals surface area contributed by atoms with Gasteiger partial charge in [-0.15, -0.1) is 0 Å². The van der Waals surface area contributed by atoms with E-state index < -0.39 is 6.04 Å². The van der Waals surface area contributed by atoms with Gasteiger partial charge >= 0.3 is 0 Å². The van der Waals surface area contributed by atoms with Gasteiger partial charge in [-0.3, -0.25) is 0 Å². The lowest BCUT2D eigenvalue weighted by molar-refractivity contribution is -0.00678. The lowest BCUT2D eigenvalue weighted by Crippen LogP contribution is -2.44. The third-order valence-electron chi connectivity index (χ3n) is 5.83. The second-order valence-corrected chi connectivity index (χ2v) is 7.13. The van der Waals surface area contributed by atoms with Crippen molar-refractivity contribution in [3.63, 3.8) is 0 Å². The minimum atomic E-state index is -0.431. The van der Waals surface area contributed by atoms with Crippen LogP contribution in [0.4, 0.5) is 0 Å². The summed E-state index contributed by atoms with van der Waals surface area (Å²) in [5, 5.41) is 8.93. The molecule has 0 spiro atoms. The summed E-state index contributed by atoms with van der Waals surface area (Å²) in [6, 6.07) is 1.70. The van der Waals surface area contributed by atoms with Crippen molar-refractivity contribution in [3.05, 3.63) is 18.2 Å². The van der Waals surface area contributed by atoms with Crippen LogP contribution in [0.15, 0.2) is 12.4 Å². The molecule has 0 saturated heterocycles. The lowest BCUT2D eigenvalue weighted by atomic mass is 9.51. The average Bonchev–Trinajstić information content (AvgIpc) is 2.85. The summed E-state index contributed by atoms with van der Waals surface area (Å²) < 4.78 is 2.14. The number of hydrogen-bond acceptors (Lipinski definition) is 3. The molecule has 20 heavy (non-hydrogen) atoms. The molecule has 1 aromatic heterocycles. The van der Waals surface area contributed by atoms with E-state index in [4.69, 9.17) is 11.0 Å². The molecule has 4 heteroatoms. The topological polar surface area (TPSA) is 67.6 Å². The van der Waals surface area contributed by atoms with Gasteiger partial charge in [0.2, 0.25) is 0 Å². The molecule has 0 aliphatic heterocycles. The maximum Gasteiger partial charge on any atom is 0.112 e. The molecule has 2 N–H and O–H groups in total. The average molecular weight is 270 g/mol. The molecule has 1 aromatic rings. The van der Waals surface area contributed by atoms with Crippen LogP contribution in [0, 0.1) is 35.0 Å². The molecule has 5 rings (SSSR count). The second-order valence-electron chi connectivity index (χ2n) is 7.13. The van der Waals surface area contributed by atoms with Crippen LogP contribution in [0.2, 0.25) is 0 Å². The molecule has 0 radical (unpaired) electrons. The number of nitriles is 1. The maximum atomic E-state index is 8.93. The van der Waals surface area contributed by atoms with Crippen molar-refractivity contribution < 1.29 is 0 Å². The Labute approximate surface area is 120 Å². The largest absolute Gasteiger partial charge is 0.332 e. The first-order valence-electron chi connectivity index (χ1n) is 7.90. The summed E-state index contributed by atoms with van der Waals surface area (Å²) in [6.07, 6.45) is 10.9. The van der Waals surface area contributed by atoms with Crippen molar-refractivity contribution in [2.75, 3.05) is 0 Å². The summed E-state index contributed by atoms with van der Waals surface area (Å²) in [7, 11) is 0. The van der Waals surface area contributed by atoms with E-state index in [2.05, 4.69) is 15.6 Å². The molecule has 0 amide bonds. The Bertz CT molecular complexity index is 513. The Morgan fingerprint density at radius 2 is 1.90 bits per heavy atom. The summed E-state index contributed by atoms with van der Waals surface area (Å²) in [5.41, 5.74) is 5.80. The van der Waals surface area contributed by atoms with Gasteiger partial charge in [0.25, 0.3) is 0 Å². The number of imidazole rings is 1. The smallest absolute Gasteiger partial charge is 0.112 e. The van der Waals surface area contributed by atoms with Crippen molar-refractivity contribution in [2.24, 2.45) is 29.4 Å². The van der Waals surface area contributed by atoms with Crippen LogP contribution in [-0.2, 0) is 6.54 Å². The first-order valence-corrected chi connectivity index (χ1v) is 7.90. The van der Waals surface area contributed by atoms with Crippen molar-refractivity contribution in [2.45, 2.75) is 50.6 Å². The molecule has 4 bridgehead atoms. The summed E-state index contributed by atoms with van der Waals surface area (Å²) in [4.78, 5) is 4.65. The van der Waals surface area contributed by atoms with Crippen LogP contribution >= 0.6 is 0 Å². The van der Waals surface area contributed by atoms with Crippen molar-refractivity contribution >= 4 is 0 Å². The fourth-order valence-corrected chi connectivity index (χ4v) is 5.37. The molecule has 106 valence electrons. The van der Waals surface area contributed by atoms with E-state index in [1.54, 1.807) is 0 Å². The van der Waals surface area contributed by atoms with E-state index >= 15 is 0 Å². The highest BCUT2D eigenvalue weighted by Crippen LogP contribution is 2.59. The molecule has 0 aromatic carbocycles. The van der Waals surface area contributed by atoms with Crippen LogP contribution in [-0.4, -0.2) is 15.6 Å². The SMILES string of the molecule is N#CC(N)Cn1ccnc1C1C2CC3CC(C2)CC1C3. The molecule has 1 unspecified atom stereocenters.